The van der Waals surface area contributed by atoms with Crippen LogP contribution >= 0.6 is 0 Å². The normalized spacial score (nSPS) is 12.2. The van der Waals surface area contributed by atoms with Crippen molar-refractivity contribution in [2.24, 2.45) is 0 Å². The Kier molecular flexibility index (Phi) is 7.72. The van der Waals surface area contributed by atoms with Crippen molar-refractivity contribution in [1.29, 1.82) is 0 Å². The molecule has 1 unspecified atom stereocenters. The van der Waals surface area contributed by atoms with E-state index in [4.69, 9.17) is 4.98 Å². The van der Waals surface area contributed by atoms with Crippen molar-refractivity contribution in [2.45, 2.75) is 39.0 Å². The lowest BCUT2D eigenvalue weighted by Gasteiger charge is -2.13. The van der Waals surface area contributed by atoms with Gasteiger partial charge < -0.3 is 25.9 Å². The van der Waals surface area contributed by atoms with Gasteiger partial charge in [0.05, 0.1) is 5.52 Å². The fourth-order valence-electron chi connectivity index (χ4n) is 6.61. The third-order valence-electron chi connectivity index (χ3n) is 9.36. The first-order valence-electron chi connectivity index (χ1n) is 16.8. The first-order chi connectivity index (χ1) is 23.8. The molecule has 5 aromatic carbocycles. The van der Waals surface area contributed by atoms with E-state index in [9.17, 15) is 4.79 Å². The summed E-state index contributed by atoms with van der Waals surface area (Å²) < 4.78 is 0. The average Bonchev–Trinajstić information content (AvgIpc) is 3.73. The van der Waals surface area contributed by atoms with Crippen molar-refractivity contribution in [3.8, 4) is 0 Å². The third kappa shape index (κ3) is 6.43. The number of hydrogen-bond acceptors (Lipinski definition) is 3. The molecular weight excluding hydrogens is 605 g/mol. The summed E-state index contributed by atoms with van der Waals surface area (Å²) in [5.74, 6) is 1.62. The Morgan fingerprint density at radius 3 is 2.16 bits per heavy atom. The van der Waals surface area contributed by atoms with E-state index in [0.29, 0.717) is 11.8 Å². The summed E-state index contributed by atoms with van der Waals surface area (Å²) in [5.41, 5.74) is 9.43. The summed E-state index contributed by atoms with van der Waals surface area (Å²) in [6.07, 6.45) is 2.78. The van der Waals surface area contributed by atoms with E-state index >= 15 is 0 Å². The van der Waals surface area contributed by atoms with Crippen LogP contribution in [0, 0.1) is 0 Å². The second-order valence-electron chi connectivity index (χ2n) is 13.3. The molecule has 7 nitrogen and oxygen atoms in total. The third-order valence-corrected chi connectivity index (χ3v) is 9.36. The molecule has 3 aromatic heterocycles. The van der Waals surface area contributed by atoms with Gasteiger partial charge in [0.25, 0.3) is 0 Å². The number of benzene rings is 5. The van der Waals surface area contributed by atoms with Crippen LogP contribution in [-0.2, 0) is 6.42 Å². The Labute approximate surface area is 284 Å². The second kappa shape index (κ2) is 12.5. The van der Waals surface area contributed by atoms with Crippen LogP contribution < -0.4 is 16.0 Å². The fraction of sp³-hybridized carbons (Fsp3) is 0.143. The summed E-state index contributed by atoms with van der Waals surface area (Å²) in [6, 6.07) is 39.5. The molecule has 0 fully saturated rings. The summed E-state index contributed by atoms with van der Waals surface area (Å²) in [4.78, 5) is 24.4. The Morgan fingerprint density at radius 2 is 1.31 bits per heavy atom. The van der Waals surface area contributed by atoms with Crippen molar-refractivity contribution in [3.05, 3.63) is 138 Å². The molecule has 8 aromatic rings. The zero-order valence-corrected chi connectivity index (χ0v) is 27.8. The number of carbonyl (C=O) groups is 1. The minimum Gasteiger partial charge on any atom is -0.361 e. The minimum absolute atomic E-state index is 0.272. The van der Waals surface area contributed by atoms with Gasteiger partial charge in [0.1, 0.15) is 5.82 Å². The lowest BCUT2D eigenvalue weighted by atomic mass is 9.94. The van der Waals surface area contributed by atoms with Gasteiger partial charge in [-0.05, 0) is 119 Å². The fourth-order valence-corrected chi connectivity index (χ4v) is 6.61. The molecule has 0 aliphatic carbocycles. The standard InChI is InChI=1S/C42H38N6O/c1-25(2)28-5-4-27-9-15-41(48-40(27)24-28)45-34-12-14-39-33(22-34)23-37(44-39)18-26(3)29-6-7-31-20-35(10-8-30(31)19-29)46-42(49)47-36-11-13-38-32(21-36)16-17-43-38/h4-17,19-26,43-44H,18H2,1-3H3,(H,45,48)(H2,46,47,49). The molecule has 0 radical (unpaired) electrons. The number of urea groups is 1. The number of nitrogens with zero attached hydrogens (tertiary/aromatic N) is 1. The van der Waals surface area contributed by atoms with E-state index in [-0.39, 0.29) is 6.03 Å². The highest BCUT2D eigenvalue weighted by Crippen LogP contribution is 2.30. The zero-order valence-electron chi connectivity index (χ0n) is 27.8. The predicted octanol–water partition coefficient (Wildman–Crippen LogP) is 11.2. The number of hydrogen-bond donors (Lipinski definition) is 5. The van der Waals surface area contributed by atoms with Crippen molar-refractivity contribution in [3.63, 3.8) is 0 Å². The van der Waals surface area contributed by atoms with Crippen LogP contribution in [0.3, 0.4) is 0 Å². The Morgan fingerprint density at radius 1 is 0.633 bits per heavy atom. The maximum absolute atomic E-state index is 12.7. The van der Waals surface area contributed by atoms with E-state index in [1.54, 1.807) is 0 Å². The van der Waals surface area contributed by atoms with Gasteiger partial charge in [0, 0.05) is 56.1 Å². The van der Waals surface area contributed by atoms with Gasteiger partial charge in [-0.3, -0.25) is 0 Å². The molecule has 1 atom stereocenters. The molecule has 5 N–H and O–H groups in total. The molecule has 0 aliphatic rings. The van der Waals surface area contributed by atoms with Crippen LogP contribution in [0.15, 0.2) is 121 Å². The van der Waals surface area contributed by atoms with Gasteiger partial charge in [-0.25, -0.2) is 9.78 Å². The number of anilines is 4. The van der Waals surface area contributed by atoms with Crippen molar-refractivity contribution >= 4 is 72.4 Å². The van der Waals surface area contributed by atoms with Gasteiger partial charge in [-0.1, -0.05) is 57.2 Å². The number of pyridine rings is 1. The molecule has 0 saturated carbocycles. The minimum atomic E-state index is -0.272. The van der Waals surface area contributed by atoms with Gasteiger partial charge in [0.15, 0.2) is 0 Å². The summed E-state index contributed by atoms with van der Waals surface area (Å²) >= 11 is 0. The smallest absolute Gasteiger partial charge is 0.323 e. The highest BCUT2D eigenvalue weighted by Gasteiger charge is 2.12. The lowest BCUT2D eigenvalue weighted by Crippen LogP contribution is -2.19. The molecule has 242 valence electrons. The van der Waals surface area contributed by atoms with E-state index in [1.165, 1.54) is 22.2 Å². The molecule has 3 heterocycles. The number of H-pyrrole nitrogens is 2. The van der Waals surface area contributed by atoms with Crippen LogP contribution in [0.5, 0.6) is 0 Å². The number of aromatic nitrogens is 3. The maximum atomic E-state index is 12.7. The molecular formula is C42H38N6O. The van der Waals surface area contributed by atoms with Crippen molar-refractivity contribution in [1.82, 2.24) is 15.0 Å². The van der Waals surface area contributed by atoms with Crippen LogP contribution in [0.2, 0.25) is 0 Å². The van der Waals surface area contributed by atoms with E-state index in [1.807, 2.05) is 48.7 Å². The van der Waals surface area contributed by atoms with E-state index < -0.39 is 0 Å². The monoisotopic (exact) mass is 642 g/mol. The number of nitrogens with one attached hydrogen (secondary N) is 5. The van der Waals surface area contributed by atoms with Gasteiger partial charge in [-0.2, -0.15) is 0 Å². The van der Waals surface area contributed by atoms with Crippen LogP contribution in [0.4, 0.5) is 27.7 Å². The second-order valence-corrected chi connectivity index (χ2v) is 13.3. The predicted molar refractivity (Wildman–Crippen MR) is 204 cm³/mol. The topological polar surface area (TPSA) is 97.6 Å². The molecule has 0 aliphatic heterocycles. The molecule has 2 amide bonds. The molecule has 49 heavy (non-hydrogen) atoms. The number of carbonyl (C=O) groups excluding carboxylic acids is 1. The number of rotatable bonds is 8. The first-order valence-corrected chi connectivity index (χ1v) is 16.8. The average molecular weight is 643 g/mol. The van der Waals surface area contributed by atoms with Crippen LogP contribution in [0.1, 0.15) is 49.4 Å². The van der Waals surface area contributed by atoms with Crippen LogP contribution in [-0.4, -0.2) is 21.0 Å². The highest BCUT2D eigenvalue weighted by atomic mass is 16.2. The molecule has 7 heteroatoms. The number of amides is 2. The Hall–Kier alpha value is -6.08. The molecule has 0 spiro atoms. The van der Waals surface area contributed by atoms with E-state index in [2.05, 4.69) is 119 Å². The summed E-state index contributed by atoms with van der Waals surface area (Å²) in [6.45, 7) is 6.68. The van der Waals surface area contributed by atoms with E-state index in [0.717, 1.165) is 67.4 Å². The Bertz CT molecular complexity index is 2490. The SMILES string of the molecule is CC(C)c1ccc2ccc(Nc3ccc4[nH]c(CC(C)c5ccc6cc(NC(=O)Nc7ccc8[nH]ccc8c7)ccc6c5)cc4c3)nc2c1. The quantitative estimate of drug-likeness (QED) is 0.114. The number of aromatic amines is 2. The summed E-state index contributed by atoms with van der Waals surface area (Å²) in [5, 5.41) is 15.0. The molecule has 8 rings (SSSR count). The Balaban J connectivity index is 0.925. The zero-order chi connectivity index (χ0) is 33.5. The molecule has 0 bridgehead atoms. The van der Waals surface area contributed by atoms with Crippen molar-refractivity contribution in [2.75, 3.05) is 16.0 Å². The van der Waals surface area contributed by atoms with Crippen molar-refractivity contribution < 1.29 is 4.79 Å². The lowest BCUT2D eigenvalue weighted by molar-refractivity contribution is 0.262. The molecule has 0 saturated heterocycles. The van der Waals surface area contributed by atoms with Crippen LogP contribution in [0.25, 0.3) is 43.5 Å². The highest BCUT2D eigenvalue weighted by molar-refractivity contribution is 6.02. The summed E-state index contributed by atoms with van der Waals surface area (Å²) in [7, 11) is 0. The maximum Gasteiger partial charge on any atom is 0.323 e. The number of fused-ring (bicyclic) bond motifs is 4. The van der Waals surface area contributed by atoms with Gasteiger partial charge >= 0.3 is 6.03 Å². The largest absolute Gasteiger partial charge is 0.361 e. The first kappa shape index (κ1) is 30.3. The van der Waals surface area contributed by atoms with Gasteiger partial charge in [-0.15, -0.1) is 0 Å². The van der Waals surface area contributed by atoms with Gasteiger partial charge in [0.2, 0.25) is 0 Å².